The van der Waals surface area contributed by atoms with Crippen LogP contribution in [0.2, 0.25) is 0 Å². The highest BCUT2D eigenvalue weighted by molar-refractivity contribution is 5.86. The monoisotopic (exact) mass is 783 g/mol. The third-order valence-electron chi connectivity index (χ3n) is 11.4. The van der Waals surface area contributed by atoms with Crippen molar-refractivity contribution < 1.29 is 5.11 Å². The molecule has 0 aliphatic carbocycles. The summed E-state index contributed by atoms with van der Waals surface area (Å²) < 4.78 is 0. The van der Waals surface area contributed by atoms with Gasteiger partial charge in [-0.15, -0.1) is 0 Å². The van der Waals surface area contributed by atoms with Crippen LogP contribution in [0.3, 0.4) is 0 Å². The van der Waals surface area contributed by atoms with Gasteiger partial charge in [-0.05, 0) is 110 Å². The maximum Gasteiger partial charge on any atom is 0.137 e. The van der Waals surface area contributed by atoms with Gasteiger partial charge < -0.3 is 5.11 Å². The maximum atomic E-state index is 12.1. The predicted octanol–water partition coefficient (Wildman–Crippen LogP) is 15.1. The number of phenols is 1. The zero-order valence-corrected chi connectivity index (χ0v) is 35.7. The standard InChI is InChI=1S/C56H53N3O/c1-38(39-19-11-8-12-20-39)40-26-28-42(29-27-40)43-31-45(33-48(32-43)59(47-23-15-10-16-24-47)53-25-17-18-30-57-53)51-34-44(41-21-13-9-14-22-41)35-52(58-51)49-36-46(55(2,3)4)37-50(54(49)60)56(5,6)7/h8-38,60H,1-7H3. The van der Waals surface area contributed by atoms with Gasteiger partial charge in [-0.3, -0.25) is 4.90 Å². The average molecular weight is 784 g/mol. The van der Waals surface area contributed by atoms with Gasteiger partial charge in [0.05, 0.1) is 11.4 Å². The van der Waals surface area contributed by atoms with Gasteiger partial charge in [-0.25, -0.2) is 9.97 Å². The van der Waals surface area contributed by atoms with Gasteiger partial charge in [-0.2, -0.15) is 0 Å². The minimum absolute atomic E-state index is 0.146. The van der Waals surface area contributed by atoms with Crippen LogP contribution < -0.4 is 4.90 Å². The number of para-hydroxylation sites is 1. The summed E-state index contributed by atoms with van der Waals surface area (Å²) in [5.41, 5.74) is 13.6. The van der Waals surface area contributed by atoms with E-state index in [4.69, 9.17) is 9.97 Å². The molecule has 0 fully saturated rings. The summed E-state index contributed by atoms with van der Waals surface area (Å²) in [5.74, 6) is 1.34. The van der Waals surface area contributed by atoms with Crippen molar-refractivity contribution in [1.29, 1.82) is 0 Å². The molecule has 0 amide bonds. The zero-order valence-electron chi connectivity index (χ0n) is 35.7. The van der Waals surface area contributed by atoms with Crippen LogP contribution >= 0.6 is 0 Å². The highest BCUT2D eigenvalue weighted by Gasteiger charge is 2.27. The van der Waals surface area contributed by atoms with Gasteiger partial charge in [-0.1, -0.05) is 164 Å². The Morgan fingerprint density at radius 2 is 1.05 bits per heavy atom. The number of pyridine rings is 2. The van der Waals surface area contributed by atoms with Crippen molar-refractivity contribution in [3.05, 3.63) is 204 Å². The quantitative estimate of drug-likeness (QED) is 0.158. The Labute approximate surface area is 355 Å². The highest BCUT2D eigenvalue weighted by Crippen LogP contribution is 2.44. The number of aromatic hydroxyl groups is 1. The molecule has 0 aliphatic heterocycles. The lowest BCUT2D eigenvalue weighted by atomic mass is 9.78. The van der Waals surface area contributed by atoms with Crippen LogP contribution in [0.4, 0.5) is 17.2 Å². The molecule has 0 saturated heterocycles. The molecule has 8 aromatic rings. The van der Waals surface area contributed by atoms with Gasteiger partial charge in [0.2, 0.25) is 0 Å². The fraction of sp³-hybridized carbons (Fsp3) is 0.179. The molecule has 1 atom stereocenters. The molecule has 0 bridgehead atoms. The number of hydrogen-bond donors (Lipinski definition) is 1. The number of anilines is 3. The smallest absolute Gasteiger partial charge is 0.137 e. The molecule has 0 saturated carbocycles. The Balaban J connectivity index is 1.37. The molecule has 4 heteroatoms. The SMILES string of the molecule is CC(c1ccccc1)c1ccc(-c2cc(-c3cc(-c4ccccc4)cc(-c4cc(C(C)(C)C)cc(C(C)(C)C)c4O)n3)cc(N(c3ccccc3)c3ccccn3)c2)cc1. The molecule has 0 radical (unpaired) electrons. The van der Waals surface area contributed by atoms with Crippen molar-refractivity contribution >= 4 is 17.2 Å². The van der Waals surface area contributed by atoms with E-state index in [0.29, 0.717) is 0 Å². The molecule has 6 aromatic carbocycles. The average Bonchev–Trinajstić information content (AvgIpc) is 3.26. The molecule has 1 N–H and O–H groups in total. The zero-order chi connectivity index (χ0) is 42.0. The van der Waals surface area contributed by atoms with Crippen molar-refractivity contribution in [2.45, 2.75) is 65.2 Å². The van der Waals surface area contributed by atoms with E-state index in [-0.39, 0.29) is 22.5 Å². The number of phenolic OH excluding ortho intramolecular Hbond substituents is 1. The predicted molar refractivity (Wildman–Crippen MR) is 251 cm³/mol. The summed E-state index contributed by atoms with van der Waals surface area (Å²) in [4.78, 5) is 12.5. The third-order valence-corrected chi connectivity index (χ3v) is 11.4. The van der Waals surface area contributed by atoms with E-state index < -0.39 is 0 Å². The largest absolute Gasteiger partial charge is 0.507 e. The second-order valence-electron chi connectivity index (χ2n) is 17.8. The maximum absolute atomic E-state index is 12.1. The van der Waals surface area contributed by atoms with Crippen LogP contribution in [0.5, 0.6) is 5.75 Å². The molecule has 2 heterocycles. The van der Waals surface area contributed by atoms with E-state index in [9.17, 15) is 5.11 Å². The van der Waals surface area contributed by atoms with Crippen molar-refractivity contribution in [3.8, 4) is 50.5 Å². The fourth-order valence-electron chi connectivity index (χ4n) is 7.88. The van der Waals surface area contributed by atoms with Gasteiger partial charge in [0.1, 0.15) is 11.6 Å². The van der Waals surface area contributed by atoms with E-state index in [2.05, 4.69) is 199 Å². The summed E-state index contributed by atoms with van der Waals surface area (Å²) in [6.45, 7) is 15.4. The topological polar surface area (TPSA) is 49.3 Å². The molecular formula is C56H53N3O. The number of rotatable bonds is 9. The first-order chi connectivity index (χ1) is 28.8. The summed E-state index contributed by atoms with van der Waals surface area (Å²) in [6.07, 6.45) is 1.84. The second kappa shape index (κ2) is 16.5. The molecule has 0 aliphatic rings. The molecule has 2 aromatic heterocycles. The third kappa shape index (κ3) is 8.51. The second-order valence-corrected chi connectivity index (χ2v) is 17.8. The number of nitrogens with zero attached hydrogens (tertiary/aromatic N) is 3. The van der Waals surface area contributed by atoms with Crippen LogP contribution in [-0.4, -0.2) is 15.1 Å². The number of hydrogen-bond acceptors (Lipinski definition) is 4. The summed E-state index contributed by atoms with van der Waals surface area (Å²) in [5, 5.41) is 12.1. The van der Waals surface area contributed by atoms with E-state index >= 15 is 0 Å². The molecule has 8 rings (SSSR count). The highest BCUT2D eigenvalue weighted by atomic mass is 16.3. The lowest BCUT2D eigenvalue weighted by Gasteiger charge is -2.27. The van der Waals surface area contributed by atoms with Crippen molar-refractivity contribution in [1.82, 2.24) is 9.97 Å². The summed E-state index contributed by atoms with van der Waals surface area (Å²) >= 11 is 0. The van der Waals surface area contributed by atoms with Crippen molar-refractivity contribution in [3.63, 3.8) is 0 Å². The van der Waals surface area contributed by atoms with Gasteiger partial charge in [0.15, 0.2) is 0 Å². The van der Waals surface area contributed by atoms with E-state index in [1.54, 1.807) is 0 Å². The Bertz CT molecular complexity index is 2680. The van der Waals surface area contributed by atoms with Crippen molar-refractivity contribution in [2.75, 3.05) is 4.90 Å². The Kier molecular flexibility index (Phi) is 11.0. The van der Waals surface area contributed by atoms with E-state index in [1.807, 2.05) is 36.5 Å². The van der Waals surface area contributed by atoms with E-state index in [0.717, 1.165) is 73.1 Å². The molecular weight excluding hydrogens is 731 g/mol. The molecule has 60 heavy (non-hydrogen) atoms. The summed E-state index contributed by atoms with van der Waals surface area (Å²) in [7, 11) is 0. The minimum Gasteiger partial charge on any atom is -0.507 e. The van der Waals surface area contributed by atoms with Gasteiger partial charge in [0, 0.05) is 40.2 Å². The normalized spacial score (nSPS) is 12.2. The van der Waals surface area contributed by atoms with Crippen LogP contribution in [-0.2, 0) is 10.8 Å². The lowest BCUT2D eigenvalue weighted by molar-refractivity contribution is 0.446. The van der Waals surface area contributed by atoms with Gasteiger partial charge in [0.25, 0.3) is 0 Å². The van der Waals surface area contributed by atoms with Gasteiger partial charge >= 0.3 is 0 Å². The molecule has 298 valence electrons. The Morgan fingerprint density at radius 3 is 1.68 bits per heavy atom. The minimum atomic E-state index is -0.288. The van der Waals surface area contributed by atoms with E-state index in [1.165, 1.54) is 11.1 Å². The Hall–Kier alpha value is -6.78. The van der Waals surface area contributed by atoms with Crippen LogP contribution in [0.25, 0.3) is 44.8 Å². The first-order valence-electron chi connectivity index (χ1n) is 20.9. The van der Waals surface area contributed by atoms with Crippen LogP contribution in [0, 0.1) is 0 Å². The first-order valence-corrected chi connectivity index (χ1v) is 20.9. The number of benzene rings is 6. The van der Waals surface area contributed by atoms with Crippen LogP contribution in [0.15, 0.2) is 182 Å². The summed E-state index contributed by atoms with van der Waals surface area (Å²) in [6, 6.07) is 61.7. The number of aromatic nitrogens is 2. The van der Waals surface area contributed by atoms with Crippen molar-refractivity contribution in [2.24, 2.45) is 0 Å². The lowest BCUT2D eigenvalue weighted by Crippen LogP contribution is -2.17. The molecule has 4 nitrogen and oxygen atoms in total. The first kappa shape index (κ1) is 40.0. The molecule has 1 unspecified atom stereocenters. The molecule has 0 spiro atoms. The Morgan fingerprint density at radius 1 is 0.483 bits per heavy atom. The fourth-order valence-corrected chi connectivity index (χ4v) is 7.88. The van der Waals surface area contributed by atoms with Crippen LogP contribution in [0.1, 0.15) is 76.6 Å².